The van der Waals surface area contributed by atoms with Crippen LogP contribution < -0.4 is 15.0 Å². The van der Waals surface area contributed by atoms with Crippen molar-refractivity contribution in [3.05, 3.63) is 18.3 Å². The number of ether oxygens (including phenoxy) is 1. The summed E-state index contributed by atoms with van der Waals surface area (Å²) in [6.07, 6.45) is 5.60. The number of anilines is 1. The summed E-state index contributed by atoms with van der Waals surface area (Å²) in [6.45, 7) is 6.46. The van der Waals surface area contributed by atoms with Crippen LogP contribution in [0.25, 0.3) is 0 Å². The Morgan fingerprint density at radius 2 is 2.32 bits per heavy atom. The summed E-state index contributed by atoms with van der Waals surface area (Å²) in [7, 11) is 1.71. The quantitative estimate of drug-likeness (QED) is 0.885. The molecule has 1 unspecified atom stereocenters. The molecule has 1 aliphatic rings. The maximum Gasteiger partial charge on any atom is 0.171 e. The molecule has 19 heavy (non-hydrogen) atoms. The van der Waals surface area contributed by atoms with Gasteiger partial charge in [-0.25, -0.2) is 4.98 Å². The average Bonchev–Trinajstić information content (AvgIpc) is 2.45. The first-order valence-electron chi connectivity index (χ1n) is 7.21. The third-order valence-corrected chi connectivity index (χ3v) is 3.63. The third-order valence-electron chi connectivity index (χ3n) is 3.63. The van der Waals surface area contributed by atoms with E-state index in [4.69, 9.17) is 4.74 Å². The molecule has 4 nitrogen and oxygen atoms in total. The van der Waals surface area contributed by atoms with E-state index in [1.807, 2.05) is 18.3 Å². The Hall–Kier alpha value is -1.29. The predicted molar refractivity (Wildman–Crippen MR) is 78.9 cm³/mol. The molecule has 4 heteroatoms. The zero-order valence-electron chi connectivity index (χ0n) is 12.2. The molecule has 1 aromatic rings. The van der Waals surface area contributed by atoms with Gasteiger partial charge in [0.15, 0.2) is 11.6 Å². The Kier molecular flexibility index (Phi) is 5.02. The summed E-state index contributed by atoms with van der Waals surface area (Å²) in [4.78, 5) is 6.92. The van der Waals surface area contributed by atoms with Crippen molar-refractivity contribution in [1.29, 1.82) is 0 Å². The summed E-state index contributed by atoms with van der Waals surface area (Å²) >= 11 is 0. The standard InChI is InChI=1S/C15H25N3O/c1-12(2)17-11-13-7-4-5-10-18(13)15-14(19-3)8-6-9-16-15/h6,8-9,12-13,17H,4-5,7,10-11H2,1-3H3. The van der Waals surface area contributed by atoms with E-state index in [-0.39, 0.29) is 0 Å². The number of rotatable bonds is 5. The number of nitrogens with zero attached hydrogens (tertiary/aromatic N) is 2. The van der Waals surface area contributed by atoms with E-state index in [9.17, 15) is 0 Å². The van der Waals surface area contributed by atoms with Crippen LogP contribution in [0.1, 0.15) is 33.1 Å². The second-order valence-corrected chi connectivity index (χ2v) is 5.44. The second kappa shape index (κ2) is 6.75. The Bertz CT molecular complexity index is 395. The molecule has 0 radical (unpaired) electrons. The first-order chi connectivity index (χ1) is 9.22. The molecule has 1 aromatic heterocycles. The molecule has 1 N–H and O–H groups in total. The van der Waals surface area contributed by atoms with Gasteiger partial charge in [0, 0.05) is 31.4 Å². The normalized spacial score (nSPS) is 19.8. The van der Waals surface area contributed by atoms with Crippen LogP contribution >= 0.6 is 0 Å². The van der Waals surface area contributed by atoms with Crippen molar-refractivity contribution in [2.75, 3.05) is 25.1 Å². The number of hydrogen-bond acceptors (Lipinski definition) is 4. The van der Waals surface area contributed by atoms with Gasteiger partial charge in [0.1, 0.15) is 0 Å². The lowest BCUT2D eigenvalue weighted by atomic mass is 10.0. The average molecular weight is 263 g/mol. The lowest BCUT2D eigenvalue weighted by Crippen LogP contribution is -2.47. The Morgan fingerprint density at radius 3 is 3.05 bits per heavy atom. The van der Waals surface area contributed by atoms with Crippen molar-refractivity contribution < 1.29 is 4.74 Å². The van der Waals surface area contributed by atoms with Crippen LogP contribution in [0.3, 0.4) is 0 Å². The van der Waals surface area contributed by atoms with Gasteiger partial charge in [-0.2, -0.15) is 0 Å². The molecule has 0 saturated carbocycles. The summed E-state index contributed by atoms with van der Waals surface area (Å²) in [6, 6.07) is 4.95. The van der Waals surface area contributed by atoms with Gasteiger partial charge >= 0.3 is 0 Å². The summed E-state index contributed by atoms with van der Waals surface area (Å²) in [5.74, 6) is 1.86. The van der Waals surface area contributed by atoms with E-state index in [0.717, 1.165) is 24.7 Å². The molecule has 0 aliphatic carbocycles. The van der Waals surface area contributed by atoms with Gasteiger partial charge in [-0.05, 0) is 31.4 Å². The largest absolute Gasteiger partial charge is 0.493 e. The minimum atomic E-state index is 0.514. The van der Waals surface area contributed by atoms with Gasteiger partial charge in [0.05, 0.1) is 7.11 Å². The monoisotopic (exact) mass is 263 g/mol. The van der Waals surface area contributed by atoms with Crippen LogP contribution in [0.2, 0.25) is 0 Å². The molecule has 1 fully saturated rings. The maximum atomic E-state index is 5.45. The molecule has 2 rings (SSSR count). The highest BCUT2D eigenvalue weighted by atomic mass is 16.5. The fraction of sp³-hybridized carbons (Fsp3) is 0.667. The van der Waals surface area contributed by atoms with Crippen LogP contribution in [0.5, 0.6) is 5.75 Å². The second-order valence-electron chi connectivity index (χ2n) is 5.44. The Labute approximate surface area is 116 Å². The van der Waals surface area contributed by atoms with Crippen molar-refractivity contribution in [2.45, 2.75) is 45.2 Å². The highest BCUT2D eigenvalue weighted by Gasteiger charge is 2.25. The zero-order chi connectivity index (χ0) is 13.7. The number of methoxy groups -OCH3 is 1. The minimum Gasteiger partial charge on any atom is -0.493 e. The number of hydrogen-bond donors (Lipinski definition) is 1. The first kappa shape index (κ1) is 14.1. The van der Waals surface area contributed by atoms with Crippen LogP contribution in [-0.4, -0.2) is 37.3 Å². The van der Waals surface area contributed by atoms with E-state index in [0.29, 0.717) is 12.1 Å². The van der Waals surface area contributed by atoms with E-state index in [1.54, 1.807) is 7.11 Å². The number of nitrogens with one attached hydrogen (secondary N) is 1. The van der Waals surface area contributed by atoms with Gasteiger partial charge < -0.3 is 15.0 Å². The molecule has 1 aliphatic heterocycles. The predicted octanol–water partition coefficient (Wildman–Crippen LogP) is 2.45. The van der Waals surface area contributed by atoms with Gasteiger partial charge in [-0.3, -0.25) is 0 Å². The van der Waals surface area contributed by atoms with Gasteiger partial charge in [0.2, 0.25) is 0 Å². The first-order valence-corrected chi connectivity index (χ1v) is 7.21. The van der Waals surface area contributed by atoms with E-state index < -0.39 is 0 Å². The van der Waals surface area contributed by atoms with E-state index in [1.165, 1.54) is 19.3 Å². The summed E-state index contributed by atoms with van der Waals surface area (Å²) in [5, 5.41) is 3.54. The highest BCUT2D eigenvalue weighted by Crippen LogP contribution is 2.30. The molecule has 1 atom stereocenters. The van der Waals surface area contributed by atoms with E-state index in [2.05, 4.69) is 29.0 Å². The molecule has 0 amide bonds. The Balaban J connectivity index is 2.14. The molecule has 0 aromatic carbocycles. The molecular weight excluding hydrogens is 238 g/mol. The van der Waals surface area contributed by atoms with Crippen molar-refractivity contribution in [1.82, 2.24) is 10.3 Å². The van der Waals surface area contributed by atoms with Crippen molar-refractivity contribution >= 4 is 5.82 Å². The fourth-order valence-electron chi connectivity index (χ4n) is 2.62. The van der Waals surface area contributed by atoms with Crippen LogP contribution in [-0.2, 0) is 0 Å². The molecule has 2 heterocycles. The van der Waals surface area contributed by atoms with Crippen LogP contribution in [0.4, 0.5) is 5.82 Å². The fourth-order valence-corrected chi connectivity index (χ4v) is 2.62. The van der Waals surface area contributed by atoms with Crippen molar-refractivity contribution in [2.24, 2.45) is 0 Å². The third kappa shape index (κ3) is 3.60. The van der Waals surface area contributed by atoms with E-state index >= 15 is 0 Å². The lowest BCUT2D eigenvalue weighted by Gasteiger charge is -2.37. The van der Waals surface area contributed by atoms with Gasteiger partial charge in [-0.1, -0.05) is 13.8 Å². The number of aromatic nitrogens is 1. The number of piperidine rings is 1. The number of pyridine rings is 1. The highest BCUT2D eigenvalue weighted by molar-refractivity contribution is 5.53. The molecule has 1 saturated heterocycles. The van der Waals surface area contributed by atoms with Crippen LogP contribution in [0, 0.1) is 0 Å². The SMILES string of the molecule is COc1cccnc1N1CCCCC1CNC(C)C. The summed E-state index contributed by atoms with van der Waals surface area (Å²) in [5.41, 5.74) is 0. The summed E-state index contributed by atoms with van der Waals surface area (Å²) < 4.78 is 5.45. The van der Waals surface area contributed by atoms with Crippen LogP contribution in [0.15, 0.2) is 18.3 Å². The Morgan fingerprint density at radius 1 is 1.47 bits per heavy atom. The molecule has 0 bridgehead atoms. The van der Waals surface area contributed by atoms with Gasteiger partial charge in [0.25, 0.3) is 0 Å². The zero-order valence-corrected chi connectivity index (χ0v) is 12.2. The smallest absolute Gasteiger partial charge is 0.171 e. The molecular formula is C15H25N3O. The molecule has 0 spiro atoms. The topological polar surface area (TPSA) is 37.4 Å². The van der Waals surface area contributed by atoms with Crippen molar-refractivity contribution in [3.63, 3.8) is 0 Å². The van der Waals surface area contributed by atoms with Gasteiger partial charge in [-0.15, -0.1) is 0 Å². The lowest BCUT2D eigenvalue weighted by molar-refractivity contribution is 0.392. The van der Waals surface area contributed by atoms with Crippen molar-refractivity contribution in [3.8, 4) is 5.75 Å². The minimum absolute atomic E-state index is 0.514. The maximum absolute atomic E-state index is 5.45. The molecule has 106 valence electrons.